The molecule has 0 amide bonds. The molecule has 1 rings (SSSR count). The van der Waals surface area contributed by atoms with Crippen molar-refractivity contribution in [1.82, 2.24) is 0 Å². The van der Waals surface area contributed by atoms with E-state index >= 15 is 0 Å². The van der Waals surface area contributed by atoms with Crippen molar-refractivity contribution in [2.45, 2.75) is 38.9 Å². The van der Waals surface area contributed by atoms with Gasteiger partial charge in [-0.1, -0.05) is 13.3 Å². The molecular weight excluding hydrogens is 184 g/mol. The van der Waals surface area contributed by atoms with E-state index < -0.39 is 11.8 Å². The highest BCUT2D eigenvalue weighted by atomic mass is 16.7. The van der Waals surface area contributed by atoms with E-state index in [0.29, 0.717) is 12.0 Å². The molecule has 0 aromatic carbocycles. The van der Waals surface area contributed by atoms with Crippen LogP contribution in [0.3, 0.4) is 0 Å². The molecule has 4 heteroatoms. The van der Waals surface area contributed by atoms with Crippen LogP contribution in [0.25, 0.3) is 0 Å². The fourth-order valence-corrected chi connectivity index (χ4v) is 1.53. The summed E-state index contributed by atoms with van der Waals surface area (Å²) < 4.78 is 9.69. The molecule has 0 aromatic heterocycles. The van der Waals surface area contributed by atoms with E-state index in [1.807, 2.05) is 6.92 Å². The van der Waals surface area contributed by atoms with Gasteiger partial charge in [-0.3, -0.25) is 0 Å². The lowest BCUT2D eigenvalue weighted by Gasteiger charge is -2.18. The third-order valence-corrected chi connectivity index (χ3v) is 2.30. The monoisotopic (exact) mass is 200 g/mol. The summed E-state index contributed by atoms with van der Waals surface area (Å²) in [5.41, 5.74) is 0.548. The minimum Gasteiger partial charge on any atom is -0.490 e. The Morgan fingerprint density at radius 1 is 1.57 bits per heavy atom. The fourth-order valence-electron chi connectivity index (χ4n) is 1.53. The molecule has 1 aliphatic heterocycles. The maximum Gasteiger partial charge on any atom is 0.376 e. The van der Waals surface area contributed by atoms with Crippen LogP contribution in [-0.2, 0) is 14.3 Å². The van der Waals surface area contributed by atoms with E-state index in [9.17, 15) is 9.90 Å². The van der Waals surface area contributed by atoms with Crippen LogP contribution in [0.1, 0.15) is 33.1 Å². The van der Waals surface area contributed by atoms with Gasteiger partial charge in [0.2, 0.25) is 11.5 Å². The number of esters is 1. The molecule has 1 unspecified atom stereocenters. The van der Waals surface area contributed by atoms with Crippen LogP contribution in [0.4, 0.5) is 0 Å². The molecule has 0 spiro atoms. The van der Waals surface area contributed by atoms with E-state index in [4.69, 9.17) is 9.47 Å². The summed E-state index contributed by atoms with van der Waals surface area (Å²) in [7, 11) is 1.41. The molecule has 1 heterocycles. The summed E-state index contributed by atoms with van der Waals surface area (Å²) in [5.74, 6) is -1.91. The zero-order valence-corrected chi connectivity index (χ0v) is 8.79. The summed E-state index contributed by atoms with van der Waals surface area (Å²) in [5, 5.41) is 9.77. The number of cyclic esters (lactones) is 1. The number of hydrogen-bond donors (Lipinski definition) is 1. The van der Waals surface area contributed by atoms with Crippen LogP contribution < -0.4 is 0 Å². The second kappa shape index (κ2) is 4.00. The largest absolute Gasteiger partial charge is 0.490 e. The first-order valence-electron chi connectivity index (χ1n) is 4.76. The van der Waals surface area contributed by atoms with Crippen LogP contribution in [0.2, 0.25) is 0 Å². The van der Waals surface area contributed by atoms with Gasteiger partial charge in [0.15, 0.2) is 0 Å². The van der Waals surface area contributed by atoms with Gasteiger partial charge in [-0.05, 0) is 12.8 Å². The van der Waals surface area contributed by atoms with E-state index in [2.05, 4.69) is 0 Å². The zero-order chi connectivity index (χ0) is 10.8. The Labute approximate surface area is 83.5 Å². The predicted molar refractivity (Wildman–Crippen MR) is 50.3 cm³/mol. The molecule has 1 aliphatic rings. The normalized spacial score (nSPS) is 26.7. The second-order valence-corrected chi connectivity index (χ2v) is 3.49. The number of methoxy groups -OCH3 is 1. The van der Waals surface area contributed by atoms with Crippen molar-refractivity contribution < 1.29 is 19.4 Å². The van der Waals surface area contributed by atoms with Crippen molar-refractivity contribution in [3.63, 3.8) is 0 Å². The molecule has 0 aliphatic carbocycles. The van der Waals surface area contributed by atoms with Crippen molar-refractivity contribution in [3.8, 4) is 0 Å². The van der Waals surface area contributed by atoms with Crippen molar-refractivity contribution in [3.05, 3.63) is 11.3 Å². The molecule has 0 saturated heterocycles. The Morgan fingerprint density at radius 2 is 2.21 bits per heavy atom. The number of hydrogen-bond acceptors (Lipinski definition) is 4. The first kappa shape index (κ1) is 11.0. The van der Waals surface area contributed by atoms with E-state index in [1.54, 1.807) is 0 Å². The van der Waals surface area contributed by atoms with Crippen molar-refractivity contribution in [1.29, 1.82) is 0 Å². The van der Waals surface area contributed by atoms with Gasteiger partial charge in [-0.25, -0.2) is 4.79 Å². The molecule has 0 aromatic rings. The molecule has 0 radical (unpaired) electrons. The zero-order valence-electron chi connectivity index (χ0n) is 8.79. The standard InChI is InChI=1S/C10H16O4/c1-4-5-6-7-8(13-3)9(11)14-10(7,2)12/h12H,4-6H2,1-3H3. The highest BCUT2D eigenvalue weighted by Crippen LogP contribution is 2.33. The maximum absolute atomic E-state index is 11.2. The maximum atomic E-state index is 11.2. The van der Waals surface area contributed by atoms with Crippen LogP contribution in [-0.4, -0.2) is 24.0 Å². The van der Waals surface area contributed by atoms with E-state index in [-0.39, 0.29) is 5.76 Å². The van der Waals surface area contributed by atoms with Gasteiger partial charge in [0.05, 0.1) is 12.7 Å². The topological polar surface area (TPSA) is 55.8 Å². The molecule has 0 saturated carbocycles. The molecule has 14 heavy (non-hydrogen) atoms. The Balaban J connectivity index is 2.90. The third-order valence-electron chi connectivity index (χ3n) is 2.30. The van der Waals surface area contributed by atoms with Gasteiger partial charge in [0, 0.05) is 6.92 Å². The fraction of sp³-hybridized carbons (Fsp3) is 0.700. The second-order valence-electron chi connectivity index (χ2n) is 3.49. The summed E-state index contributed by atoms with van der Waals surface area (Å²) in [6, 6.07) is 0. The smallest absolute Gasteiger partial charge is 0.376 e. The molecule has 0 bridgehead atoms. The van der Waals surface area contributed by atoms with Gasteiger partial charge in [0.1, 0.15) is 0 Å². The lowest BCUT2D eigenvalue weighted by molar-refractivity contribution is -0.177. The van der Waals surface area contributed by atoms with Crippen molar-refractivity contribution >= 4 is 5.97 Å². The minimum absolute atomic E-state index is 0.156. The Hall–Kier alpha value is -1.03. The quantitative estimate of drug-likeness (QED) is 0.696. The number of rotatable bonds is 4. The molecule has 1 atom stereocenters. The van der Waals surface area contributed by atoms with Gasteiger partial charge in [0.25, 0.3) is 0 Å². The number of carbonyl (C=O) groups excluding carboxylic acids is 1. The van der Waals surface area contributed by atoms with E-state index in [1.165, 1.54) is 14.0 Å². The predicted octanol–water partition coefficient (Wildman–Crippen LogP) is 1.34. The molecule has 4 nitrogen and oxygen atoms in total. The molecule has 1 N–H and O–H groups in total. The van der Waals surface area contributed by atoms with Crippen LogP contribution in [0, 0.1) is 0 Å². The van der Waals surface area contributed by atoms with Gasteiger partial charge >= 0.3 is 5.97 Å². The first-order valence-corrected chi connectivity index (χ1v) is 4.76. The van der Waals surface area contributed by atoms with Gasteiger partial charge in [-0.2, -0.15) is 0 Å². The lowest BCUT2D eigenvalue weighted by atomic mass is 10.0. The summed E-state index contributed by atoms with van der Waals surface area (Å²) in [6.07, 6.45) is 2.51. The van der Waals surface area contributed by atoms with Crippen molar-refractivity contribution in [2.75, 3.05) is 7.11 Å². The summed E-state index contributed by atoms with van der Waals surface area (Å²) in [4.78, 5) is 11.2. The Kier molecular flexibility index (Phi) is 3.16. The highest BCUT2D eigenvalue weighted by molar-refractivity contribution is 5.90. The summed E-state index contributed by atoms with van der Waals surface area (Å²) in [6.45, 7) is 3.50. The number of aliphatic hydroxyl groups is 1. The van der Waals surface area contributed by atoms with Crippen LogP contribution in [0.5, 0.6) is 0 Å². The number of ether oxygens (including phenoxy) is 2. The molecule has 0 fully saturated rings. The SMILES string of the molecule is CCCCC1=C(OC)C(=O)OC1(C)O. The van der Waals surface area contributed by atoms with Crippen LogP contribution in [0.15, 0.2) is 11.3 Å². The van der Waals surface area contributed by atoms with E-state index in [0.717, 1.165) is 12.8 Å². The molecule has 80 valence electrons. The summed E-state index contributed by atoms with van der Waals surface area (Å²) >= 11 is 0. The number of carbonyl (C=O) groups is 1. The minimum atomic E-state index is -1.49. The highest BCUT2D eigenvalue weighted by Gasteiger charge is 2.43. The molecular formula is C10H16O4. The average molecular weight is 200 g/mol. The Bertz CT molecular complexity index is 265. The number of unbranched alkanes of at least 4 members (excludes halogenated alkanes) is 1. The van der Waals surface area contributed by atoms with Gasteiger partial charge < -0.3 is 14.6 Å². The van der Waals surface area contributed by atoms with Crippen molar-refractivity contribution in [2.24, 2.45) is 0 Å². The lowest BCUT2D eigenvalue weighted by Crippen LogP contribution is -2.27. The van der Waals surface area contributed by atoms with Crippen LogP contribution >= 0.6 is 0 Å². The first-order chi connectivity index (χ1) is 6.53. The average Bonchev–Trinajstić information content (AvgIpc) is 2.31. The third kappa shape index (κ3) is 1.90. The van der Waals surface area contributed by atoms with Gasteiger partial charge in [-0.15, -0.1) is 0 Å². The Morgan fingerprint density at radius 3 is 2.71 bits per heavy atom.